The van der Waals surface area contributed by atoms with Crippen LogP contribution in [0.3, 0.4) is 0 Å². The second kappa shape index (κ2) is 4.64. The molecule has 2 nitrogen and oxygen atoms in total. The lowest BCUT2D eigenvalue weighted by Crippen LogP contribution is -2.18. The van der Waals surface area contributed by atoms with Gasteiger partial charge in [-0.15, -0.1) is 0 Å². The average Bonchev–Trinajstić information content (AvgIpc) is 2.75. The Bertz CT molecular complexity index is 658. The summed E-state index contributed by atoms with van der Waals surface area (Å²) in [6.07, 6.45) is 0. The number of ether oxygens (including phenoxy) is 1. The first-order chi connectivity index (χ1) is 9.51. The Morgan fingerprint density at radius 1 is 1.15 bits per heavy atom. The SMILES string of the molecule is Cc1ccc(CN)cc1-c1ccc2c(c1)C(C)(C)CO2. The van der Waals surface area contributed by atoms with Gasteiger partial charge >= 0.3 is 0 Å². The van der Waals surface area contributed by atoms with Gasteiger partial charge in [0.15, 0.2) is 0 Å². The maximum absolute atomic E-state index is 5.76. The lowest BCUT2D eigenvalue weighted by molar-refractivity contribution is 0.291. The third kappa shape index (κ3) is 2.10. The molecule has 1 aliphatic heterocycles. The van der Waals surface area contributed by atoms with Gasteiger partial charge in [0, 0.05) is 17.5 Å². The Labute approximate surface area is 120 Å². The van der Waals surface area contributed by atoms with Gasteiger partial charge in [-0.2, -0.15) is 0 Å². The second-order valence-electron chi connectivity index (χ2n) is 6.24. The lowest BCUT2D eigenvalue weighted by Gasteiger charge is -2.16. The largest absolute Gasteiger partial charge is 0.492 e. The van der Waals surface area contributed by atoms with Crippen molar-refractivity contribution in [1.82, 2.24) is 0 Å². The second-order valence-corrected chi connectivity index (χ2v) is 6.24. The zero-order valence-electron chi connectivity index (χ0n) is 12.4. The molecular formula is C18H21NO. The highest BCUT2D eigenvalue weighted by Gasteiger charge is 2.31. The number of benzene rings is 2. The first-order valence-electron chi connectivity index (χ1n) is 7.08. The summed E-state index contributed by atoms with van der Waals surface area (Å²) in [5.74, 6) is 1.02. The van der Waals surface area contributed by atoms with Crippen LogP contribution in [0.5, 0.6) is 5.75 Å². The van der Waals surface area contributed by atoms with E-state index in [4.69, 9.17) is 10.5 Å². The molecule has 0 saturated heterocycles. The fraction of sp³-hybridized carbons (Fsp3) is 0.333. The van der Waals surface area contributed by atoms with E-state index in [2.05, 4.69) is 57.2 Å². The monoisotopic (exact) mass is 267 g/mol. The summed E-state index contributed by atoms with van der Waals surface area (Å²) in [6.45, 7) is 7.93. The number of hydrogen-bond donors (Lipinski definition) is 1. The minimum Gasteiger partial charge on any atom is -0.492 e. The molecule has 0 unspecified atom stereocenters. The molecular weight excluding hydrogens is 246 g/mol. The molecule has 0 fully saturated rings. The fourth-order valence-electron chi connectivity index (χ4n) is 2.80. The van der Waals surface area contributed by atoms with Crippen molar-refractivity contribution in [2.75, 3.05) is 6.61 Å². The van der Waals surface area contributed by atoms with Crippen molar-refractivity contribution in [2.24, 2.45) is 5.73 Å². The fourth-order valence-corrected chi connectivity index (χ4v) is 2.80. The van der Waals surface area contributed by atoms with Crippen molar-refractivity contribution in [3.8, 4) is 16.9 Å². The molecule has 20 heavy (non-hydrogen) atoms. The van der Waals surface area contributed by atoms with Gasteiger partial charge in [-0.1, -0.05) is 32.0 Å². The highest BCUT2D eigenvalue weighted by molar-refractivity contribution is 5.70. The van der Waals surface area contributed by atoms with Gasteiger partial charge in [0.2, 0.25) is 0 Å². The summed E-state index contributed by atoms with van der Waals surface area (Å²) in [6, 6.07) is 12.9. The van der Waals surface area contributed by atoms with Crippen LogP contribution in [0.2, 0.25) is 0 Å². The van der Waals surface area contributed by atoms with E-state index >= 15 is 0 Å². The van der Waals surface area contributed by atoms with E-state index in [1.54, 1.807) is 0 Å². The predicted molar refractivity (Wildman–Crippen MR) is 83.0 cm³/mol. The minimum absolute atomic E-state index is 0.0880. The zero-order chi connectivity index (χ0) is 14.3. The van der Waals surface area contributed by atoms with Gasteiger partial charge in [0.25, 0.3) is 0 Å². The van der Waals surface area contributed by atoms with Gasteiger partial charge < -0.3 is 10.5 Å². The van der Waals surface area contributed by atoms with E-state index in [1.807, 2.05) is 0 Å². The topological polar surface area (TPSA) is 35.2 Å². The van der Waals surface area contributed by atoms with E-state index in [0.717, 1.165) is 12.4 Å². The van der Waals surface area contributed by atoms with Gasteiger partial charge in [-0.25, -0.2) is 0 Å². The van der Waals surface area contributed by atoms with Gasteiger partial charge in [-0.3, -0.25) is 0 Å². The molecule has 0 aromatic heterocycles. The van der Waals surface area contributed by atoms with E-state index in [9.17, 15) is 0 Å². The van der Waals surface area contributed by atoms with E-state index < -0.39 is 0 Å². The number of aryl methyl sites for hydroxylation is 1. The third-order valence-electron chi connectivity index (χ3n) is 4.15. The molecule has 2 aromatic rings. The van der Waals surface area contributed by atoms with Crippen molar-refractivity contribution in [1.29, 1.82) is 0 Å². The van der Waals surface area contributed by atoms with Crippen LogP contribution >= 0.6 is 0 Å². The smallest absolute Gasteiger partial charge is 0.123 e. The standard InChI is InChI=1S/C18H21NO/c1-12-4-5-13(10-19)8-15(12)14-6-7-17-16(9-14)18(2,3)11-20-17/h4-9H,10-11,19H2,1-3H3. The Morgan fingerprint density at radius 3 is 2.70 bits per heavy atom. The molecule has 2 heteroatoms. The van der Waals surface area contributed by atoms with Crippen molar-refractivity contribution >= 4 is 0 Å². The quantitative estimate of drug-likeness (QED) is 0.898. The minimum atomic E-state index is 0.0880. The van der Waals surface area contributed by atoms with Crippen LogP contribution in [0.1, 0.15) is 30.5 Å². The molecule has 0 saturated carbocycles. The summed E-state index contributed by atoms with van der Waals surface area (Å²) in [7, 11) is 0. The molecule has 0 spiro atoms. The van der Waals surface area contributed by atoms with Crippen molar-refractivity contribution in [3.05, 3.63) is 53.1 Å². The predicted octanol–water partition coefficient (Wildman–Crippen LogP) is 3.79. The summed E-state index contributed by atoms with van der Waals surface area (Å²) in [4.78, 5) is 0. The number of rotatable bonds is 2. The highest BCUT2D eigenvalue weighted by atomic mass is 16.5. The molecule has 1 aliphatic rings. The molecule has 104 valence electrons. The van der Waals surface area contributed by atoms with Crippen molar-refractivity contribution < 1.29 is 4.74 Å². The number of fused-ring (bicyclic) bond motifs is 1. The zero-order valence-corrected chi connectivity index (χ0v) is 12.4. The number of hydrogen-bond acceptors (Lipinski definition) is 2. The summed E-state index contributed by atoms with van der Waals surface area (Å²) >= 11 is 0. The maximum Gasteiger partial charge on any atom is 0.123 e. The molecule has 1 heterocycles. The van der Waals surface area contributed by atoms with Gasteiger partial charge in [0.1, 0.15) is 5.75 Å². The average molecular weight is 267 g/mol. The van der Waals surface area contributed by atoms with Crippen molar-refractivity contribution in [2.45, 2.75) is 32.7 Å². The molecule has 0 bridgehead atoms. The molecule has 0 amide bonds. The van der Waals surface area contributed by atoms with Crippen LogP contribution in [-0.2, 0) is 12.0 Å². The van der Waals surface area contributed by atoms with Crippen LogP contribution in [0.25, 0.3) is 11.1 Å². The Hall–Kier alpha value is -1.80. The van der Waals surface area contributed by atoms with Gasteiger partial charge in [0.05, 0.1) is 6.61 Å². The van der Waals surface area contributed by atoms with Crippen LogP contribution < -0.4 is 10.5 Å². The maximum atomic E-state index is 5.76. The highest BCUT2D eigenvalue weighted by Crippen LogP contribution is 2.41. The summed E-state index contributed by atoms with van der Waals surface area (Å²) in [5, 5.41) is 0. The van der Waals surface area contributed by atoms with Crippen LogP contribution in [-0.4, -0.2) is 6.61 Å². The third-order valence-corrected chi connectivity index (χ3v) is 4.15. The summed E-state index contributed by atoms with van der Waals surface area (Å²) < 4.78 is 5.76. The van der Waals surface area contributed by atoms with E-state index in [-0.39, 0.29) is 5.41 Å². The van der Waals surface area contributed by atoms with Crippen LogP contribution in [0.4, 0.5) is 0 Å². The summed E-state index contributed by atoms with van der Waals surface area (Å²) in [5.41, 5.74) is 12.1. The Kier molecular flexibility index (Phi) is 3.06. The first-order valence-corrected chi connectivity index (χ1v) is 7.08. The van der Waals surface area contributed by atoms with Crippen LogP contribution in [0, 0.1) is 6.92 Å². The van der Waals surface area contributed by atoms with E-state index in [1.165, 1.54) is 27.8 Å². The molecule has 2 N–H and O–H groups in total. The molecule has 0 aliphatic carbocycles. The van der Waals surface area contributed by atoms with Crippen molar-refractivity contribution in [3.63, 3.8) is 0 Å². The molecule has 2 aromatic carbocycles. The first kappa shape index (κ1) is 13.2. The molecule has 3 rings (SSSR count). The normalized spacial score (nSPS) is 15.8. The molecule has 0 radical (unpaired) electrons. The molecule has 0 atom stereocenters. The van der Waals surface area contributed by atoms with Gasteiger partial charge in [-0.05, 0) is 47.4 Å². The number of nitrogens with two attached hydrogens (primary N) is 1. The Morgan fingerprint density at radius 2 is 1.95 bits per heavy atom. The van der Waals surface area contributed by atoms with Crippen LogP contribution in [0.15, 0.2) is 36.4 Å². The van der Waals surface area contributed by atoms with E-state index in [0.29, 0.717) is 6.54 Å². The Balaban J connectivity index is 2.12. The lowest BCUT2D eigenvalue weighted by atomic mass is 9.85.